The van der Waals surface area contributed by atoms with Crippen molar-refractivity contribution < 1.29 is 14.0 Å². The molecular weight excluding hydrogens is 327 g/mol. The van der Waals surface area contributed by atoms with E-state index in [4.69, 9.17) is 0 Å². The van der Waals surface area contributed by atoms with E-state index < -0.39 is 0 Å². The average Bonchev–Trinajstić information content (AvgIpc) is 2.83. The van der Waals surface area contributed by atoms with Crippen LogP contribution in [0.1, 0.15) is 24.8 Å². The highest BCUT2D eigenvalue weighted by molar-refractivity contribution is 7.99. The maximum atomic E-state index is 13.3. The predicted molar refractivity (Wildman–Crippen MR) is 93.1 cm³/mol. The van der Waals surface area contributed by atoms with Crippen molar-refractivity contribution in [1.82, 2.24) is 9.80 Å². The monoisotopic (exact) mass is 350 g/mol. The van der Waals surface area contributed by atoms with Crippen LogP contribution in [-0.4, -0.2) is 53.3 Å². The van der Waals surface area contributed by atoms with E-state index in [0.29, 0.717) is 25.3 Å². The average molecular weight is 350 g/mol. The zero-order valence-corrected chi connectivity index (χ0v) is 14.8. The minimum absolute atomic E-state index is 0.0133. The third-order valence-corrected chi connectivity index (χ3v) is 5.65. The minimum Gasteiger partial charge on any atom is -0.342 e. The van der Waals surface area contributed by atoms with E-state index in [1.165, 1.54) is 12.1 Å². The van der Waals surface area contributed by atoms with Crippen molar-refractivity contribution in [2.45, 2.75) is 25.8 Å². The Labute approximate surface area is 146 Å². The molecule has 2 aliphatic rings. The highest BCUT2D eigenvalue weighted by Gasteiger charge is 2.45. The Morgan fingerprint density at radius 2 is 2.08 bits per heavy atom. The SMILES string of the molecule is CSCC(=O)N1CCC2(CC1)CC(=O)N(Cc1cccc(F)c1)C2. The Hall–Kier alpha value is -1.56. The molecule has 1 aromatic carbocycles. The number of amides is 2. The molecule has 6 heteroatoms. The molecule has 0 aromatic heterocycles. The van der Waals surface area contributed by atoms with E-state index in [0.717, 1.165) is 31.5 Å². The lowest BCUT2D eigenvalue weighted by Gasteiger charge is -2.38. The summed E-state index contributed by atoms with van der Waals surface area (Å²) in [7, 11) is 0. The molecule has 0 atom stereocenters. The number of carbonyl (C=O) groups is 2. The van der Waals surface area contributed by atoms with Gasteiger partial charge in [-0.25, -0.2) is 4.39 Å². The number of piperidine rings is 1. The van der Waals surface area contributed by atoms with Crippen LogP contribution in [0.3, 0.4) is 0 Å². The molecule has 2 aliphatic heterocycles. The van der Waals surface area contributed by atoms with Crippen LogP contribution in [0.5, 0.6) is 0 Å². The molecule has 2 amide bonds. The lowest BCUT2D eigenvalue weighted by atomic mass is 9.77. The second kappa shape index (κ2) is 7.13. The molecule has 1 spiro atoms. The summed E-state index contributed by atoms with van der Waals surface area (Å²) >= 11 is 1.55. The van der Waals surface area contributed by atoms with Crippen LogP contribution in [0.25, 0.3) is 0 Å². The van der Waals surface area contributed by atoms with Gasteiger partial charge in [0.15, 0.2) is 0 Å². The van der Waals surface area contributed by atoms with Gasteiger partial charge in [0.2, 0.25) is 11.8 Å². The first-order chi connectivity index (χ1) is 11.5. The quantitative estimate of drug-likeness (QED) is 0.838. The predicted octanol–water partition coefficient (Wildman–Crippen LogP) is 2.53. The Bertz CT molecular complexity index is 629. The smallest absolute Gasteiger partial charge is 0.232 e. The summed E-state index contributed by atoms with van der Waals surface area (Å²) in [5.41, 5.74) is 0.813. The zero-order chi connectivity index (χ0) is 17.2. The van der Waals surface area contributed by atoms with Crippen molar-refractivity contribution in [2.75, 3.05) is 31.6 Å². The van der Waals surface area contributed by atoms with E-state index in [9.17, 15) is 14.0 Å². The largest absolute Gasteiger partial charge is 0.342 e. The van der Waals surface area contributed by atoms with Crippen LogP contribution in [0, 0.1) is 11.2 Å². The van der Waals surface area contributed by atoms with Crippen molar-refractivity contribution in [3.8, 4) is 0 Å². The Morgan fingerprint density at radius 1 is 1.33 bits per heavy atom. The van der Waals surface area contributed by atoms with Gasteiger partial charge < -0.3 is 9.80 Å². The lowest BCUT2D eigenvalue weighted by Crippen LogP contribution is -2.44. The molecule has 4 nitrogen and oxygen atoms in total. The van der Waals surface area contributed by atoms with Crippen molar-refractivity contribution in [2.24, 2.45) is 5.41 Å². The van der Waals surface area contributed by atoms with Gasteiger partial charge in [-0.3, -0.25) is 9.59 Å². The number of carbonyl (C=O) groups excluding carboxylic acids is 2. The van der Waals surface area contributed by atoms with Crippen LogP contribution >= 0.6 is 11.8 Å². The lowest BCUT2D eigenvalue weighted by molar-refractivity contribution is -0.130. The fourth-order valence-corrected chi connectivity index (χ4v) is 4.19. The molecule has 2 saturated heterocycles. The summed E-state index contributed by atoms with van der Waals surface area (Å²) in [6.45, 7) is 2.65. The molecule has 24 heavy (non-hydrogen) atoms. The number of halogens is 1. The summed E-state index contributed by atoms with van der Waals surface area (Å²) in [5, 5.41) is 0. The number of hydrogen-bond acceptors (Lipinski definition) is 3. The van der Waals surface area contributed by atoms with Gasteiger partial charge >= 0.3 is 0 Å². The number of rotatable bonds is 4. The second-order valence-corrected chi connectivity index (χ2v) is 7.74. The number of benzene rings is 1. The first-order valence-corrected chi connectivity index (χ1v) is 9.70. The van der Waals surface area contributed by atoms with E-state index in [1.807, 2.05) is 22.1 Å². The van der Waals surface area contributed by atoms with Crippen LogP contribution in [0.4, 0.5) is 4.39 Å². The van der Waals surface area contributed by atoms with Gasteiger partial charge in [-0.15, -0.1) is 0 Å². The van der Waals surface area contributed by atoms with E-state index >= 15 is 0 Å². The molecule has 0 saturated carbocycles. The number of likely N-dealkylation sites (tertiary alicyclic amines) is 2. The number of nitrogens with zero attached hydrogens (tertiary/aromatic N) is 2. The molecule has 3 rings (SSSR count). The molecule has 0 radical (unpaired) electrons. The van der Waals surface area contributed by atoms with Gasteiger partial charge in [0, 0.05) is 38.0 Å². The standard InChI is InChI=1S/C18H23FN2O2S/c1-24-12-17(23)20-7-5-18(6-8-20)10-16(22)21(13-18)11-14-3-2-4-15(19)9-14/h2-4,9H,5-8,10-13H2,1H3. The molecule has 130 valence electrons. The fourth-order valence-electron chi connectivity index (χ4n) is 3.76. The molecule has 0 unspecified atom stereocenters. The van der Waals surface area contributed by atoms with Crippen LogP contribution < -0.4 is 0 Å². The van der Waals surface area contributed by atoms with Crippen molar-refractivity contribution in [3.05, 3.63) is 35.6 Å². The van der Waals surface area contributed by atoms with Crippen LogP contribution in [0.15, 0.2) is 24.3 Å². The van der Waals surface area contributed by atoms with Gasteiger partial charge in [-0.1, -0.05) is 12.1 Å². The van der Waals surface area contributed by atoms with E-state index in [1.54, 1.807) is 17.8 Å². The molecule has 1 aromatic rings. The highest BCUT2D eigenvalue weighted by Crippen LogP contribution is 2.41. The van der Waals surface area contributed by atoms with Crippen LogP contribution in [0.2, 0.25) is 0 Å². The molecule has 0 bridgehead atoms. The summed E-state index contributed by atoms with van der Waals surface area (Å²) in [6.07, 6.45) is 4.23. The second-order valence-electron chi connectivity index (χ2n) is 6.87. The van der Waals surface area contributed by atoms with Gasteiger partial charge in [-0.05, 0) is 36.8 Å². The van der Waals surface area contributed by atoms with Crippen molar-refractivity contribution >= 4 is 23.6 Å². The van der Waals surface area contributed by atoms with Crippen molar-refractivity contribution in [3.63, 3.8) is 0 Å². The summed E-state index contributed by atoms with van der Waals surface area (Å²) in [6, 6.07) is 6.43. The molecular formula is C18H23FN2O2S. The molecule has 2 heterocycles. The maximum Gasteiger partial charge on any atom is 0.232 e. The minimum atomic E-state index is -0.269. The van der Waals surface area contributed by atoms with Gasteiger partial charge in [-0.2, -0.15) is 11.8 Å². The summed E-state index contributed by atoms with van der Waals surface area (Å²) in [5.74, 6) is 0.591. The highest BCUT2D eigenvalue weighted by atomic mass is 32.2. The van der Waals surface area contributed by atoms with E-state index in [-0.39, 0.29) is 23.0 Å². The van der Waals surface area contributed by atoms with Crippen LogP contribution in [-0.2, 0) is 16.1 Å². The maximum absolute atomic E-state index is 13.3. The third-order valence-electron chi connectivity index (χ3n) is 5.11. The number of thioether (sulfide) groups is 1. The zero-order valence-electron chi connectivity index (χ0n) is 14.0. The Balaban J connectivity index is 1.60. The normalized spacial score (nSPS) is 20.0. The first-order valence-electron chi connectivity index (χ1n) is 8.30. The topological polar surface area (TPSA) is 40.6 Å². The summed E-state index contributed by atoms with van der Waals surface area (Å²) < 4.78 is 13.3. The number of hydrogen-bond donors (Lipinski definition) is 0. The van der Waals surface area contributed by atoms with Gasteiger partial charge in [0.25, 0.3) is 0 Å². The van der Waals surface area contributed by atoms with Crippen molar-refractivity contribution in [1.29, 1.82) is 0 Å². The Morgan fingerprint density at radius 3 is 2.75 bits per heavy atom. The first kappa shape index (κ1) is 17.3. The fraction of sp³-hybridized carbons (Fsp3) is 0.556. The third kappa shape index (κ3) is 3.74. The van der Waals surface area contributed by atoms with Gasteiger partial charge in [0.05, 0.1) is 5.75 Å². The summed E-state index contributed by atoms with van der Waals surface area (Å²) in [4.78, 5) is 28.2. The van der Waals surface area contributed by atoms with Gasteiger partial charge in [0.1, 0.15) is 5.82 Å². The molecule has 2 fully saturated rings. The molecule has 0 aliphatic carbocycles. The molecule has 0 N–H and O–H groups in total. The van der Waals surface area contributed by atoms with E-state index in [2.05, 4.69) is 0 Å². The Kier molecular flexibility index (Phi) is 5.13.